The van der Waals surface area contributed by atoms with E-state index in [4.69, 9.17) is 0 Å². The summed E-state index contributed by atoms with van der Waals surface area (Å²) in [6.45, 7) is 1.74. The molecule has 1 saturated heterocycles. The fourth-order valence-electron chi connectivity index (χ4n) is 3.66. The third-order valence-corrected chi connectivity index (χ3v) is 5.07. The molecule has 0 unspecified atom stereocenters. The molecule has 0 saturated carbocycles. The molecule has 0 aliphatic carbocycles. The molecule has 1 atom stereocenters. The SMILES string of the molecule is O=C(c1ccccn1)[C@H]1CCCN(C(=O)c2cccc(Cn3cccn3)c2)C1. The van der Waals surface area contributed by atoms with E-state index in [9.17, 15) is 9.59 Å². The number of Topliss-reactive ketones (excluding diaryl/α,β-unsaturated/α-hetero) is 1. The number of carbonyl (C=O) groups is 2. The van der Waals surface area contributed by atoms with Gasteiger partial charge in [-0.25, -0.2) is 0 Å². The lowest BCUT2D eigenvalue weighted by Gasteiger charge is -2.32. The smallest absolute Gasteiger partial charge is 0.253 e. The number of hydrogen-bond donors (Lipinski definition) is 0. The van der Waals surface area contributed by atoms with Gasteiger partial charge in [0.2, 0.25) is 0 Å². The summed E-state index contributed by atoms with van der Waals surface area (Å²) < 4.78 is 1.83. The van der Waals surface area contributed by atoms with Gasteiger partial charge in [0.15, 0.2) is 5.78 Å². The molecule has 0 radical (unpaired) electrons. The van der Waals surface area contributed by atoms with Gasteiger partial charge in [-0.3, -0.25) is 19.3 Å². The Balaban J connectivity index is 1.46. The van der Waals surface area contributed by atoms with Gasteiger partial charge in [-0.05, 0) is 48.7 Å². The van der Waals surface area contributed by atoms with Gasteiger partial charge in [0.05, 0.1) is 6.54 Å². The van der Waals surface area contributed by atoms with Crippen LogP contribution >= 0.6 is 0 Å². The summed E-state index contributed by atoms with van der Waals surface area (Å²) >= 11 is 0. The standard InChI is InChI=1S/C22H22N4O2/c27-21(20-9-1-2-10-23-20)19-8-4-12-25(16-19)22(28)18-7-3-6-17(14-18)15-26-13-5-11-24-26/h1-3,5-7,9-11,13-14,19H,4,8,12,15-16H2/t19-/m0/s1. The maximum absolute atomic E-state index is 13.0. The highest BCUT2D eigenvalue weighted by atomic mass is 16.2. The van der Waals surface area contributed by atoms with E-state index in [1.54, 1.807) is 29.4 Å². The minimum Gasteiger partial charge on any atom is -0.338 e. The van der Waals surface area contributed by atoms with Gasteiger partial charge in [-0.2, -0.15) is 5.10 Å². The molecule has 1 fully saturated rings. The van der Waals surface area contributed by atoms with Crippen LogP contribution in [0.4, 0.5) is 0 Å². The maximum Gasteiger partial charge on any atom is 0.253 e. The lowest BCUT2D eigenvalue weighted by atomic mass is 9.91. The van der Waals surface area contributed by atoms with Crippen molar-refractivity contribution >= 4 is 11.7 Å². The summed E-state index contributed by atoms with van der Waals surface area (Å²) in [5.41, 5.74) is 2.14. The van der Waals surface area contributed by atoms with Crippen LogP contribution in [-0.4, -0.2) is 44.4 Å². The Kier molecular flexibility index (Phi) is 5.28. The molecule has 142 valence electrons. The predicted molar refractivity (Wildman–Crippen MR) is 105 cm³/mol. The largest absolute Gasteiger partial charge is 0.338 e. The molecule has 28 heavy (non-hydrogen) atoms. The van der Waals surface area contributed by atoms with Gasteiger partial charge in [-0.1, -0.05) is 18.2 Å². The lowest BCUT2D eigenvalue weighted by Crippen LogP contribution is -2.42. The first-order valence-corrected chi connectivity index (χ1v) is 9.51. The van der Waals surface area contributed by atoms with Gasteiger partial charge >= 0.3 is 0 Å². The molecular weight excluding hydrogens is 352 g/mol. The third kappa shape index (κ3) is 4.01. The van der Waals surface area contributed by atoms with E-state index in [1.165, 1.54) is 0 Å². The zero-order chi connectivity index (χ0) is 19.3. The second kappa shape index (κ2) is 8.17. The minimum atomic E-state index is -0.195. The Morgan fingerprint density at radius 3 is 2.79 bits per heavy atom. The van der Waals surface area contributed by atoms with E-state index < -0.39 is 0 Å². The Hall–Kier alpha value is -3.28. The Morgan fingerprint density at radius 2 is 2.00 bits per heavy atom. The van der Waals surface area contributed by atoms with Crippen LogP contribution in [0.1, 0.15) is 39.3 Å². The molecule has 3 aromatic rings. The van der Waals surface area contributed by atoms with Gasteiger partial charge < -0.3 is 4.90 Å². The predicted octanol–water partition coefficient (Wildman–Crippen LogP) is 3.06. The van der Waals surface area contributed by atoms with Gasteiger partial charge in [0, 0.05) is 43.2 Å². The number of likely N-dealkylation sites (tertiary alicyclic amines) is 1. The molecule has 6 heteroatoms. The number of amides is 1. The van der Waals surface area contributed by atoms with E-state index >= 15 is 0 Å². The number of nitrogens with zero attached hydrogens (tertiary/aromatic N) is 4. The molecular formula is C22H22N4O2. The number of benzene rings is 1. The second-order valence-corrected chi connectivity index (χ2v) is 7.07. The molecule has 0 N–H and O–H groups in total. The second-order valence-electron chi connectivity index (χ2n) is 7.07. The van der Waals surface area contributed by atoms with Crippen molar-refractivity contribution < 1.29 is 9.59 Å². The van der Waals surface area contributed by atoms with Crippen molar-refractivity contribution in [2.75, 3.05) is 13.1 Å². The van der Waals surface area contributed by atoms with Gasteiger partial charge in [-0.15, -0.1) is 0 Å². The summed E-state index contributed by atoms with van der Waals surface area (Å²) in [4.78, 5) is 31.7. The van der Waals surface area contributed by atoms with Crippen molar-refractivity contribution in [3.63, 3.8) is 0 Å². The topological polar surface area (TPSA) is 68.1 Å². The molecule has 1 aromatic carbocycles. The van der Waals surface area contributed by atoms with Crippen molar-refractivity contribution in [2.24, 2.45) is 5.92 Å². The van der Waals surface area contributed by atoms with E-state index in [1.807, 2.05) is 47.3 Å². The average Bonchev–Trinajstić information content (AvgIpc) is 3.26. The quantitative estimate of drug-likeness (QED) is 0.644. The lowest BCUT2D eigenvalue weighted by molar-refractivity contribution is 0.0635. The molecule has 1 aliphatic rings. The molecule has 1 aliphatic heterocycles. The summed E-state index contributed by atoms with van der Waals surface area (Å²) in [6, 6.07) is 14.9. The van der Waals surface area contributed by atoms with Crippen LogP contribution in [0.15, 0.2) is 67.1 Å². The Morgan fingerprint density at radius 1 is 1.07 bits per heavy atom. The van der Waals surface area contributed by atoms with E-state index in [0.717, 1.165) is 18.4 Å². The molecule has 3 heterocycles. The number of rotatable bonds is 5. The molecule has 4 rings (SSSR count). The molecule has 2 aromatic heterocycles. The molecule has 6 nitrogen and oxygen atoms in total. The summed E-state index contributed by atoms with van der Waals surface area (Å²) in [7, 11) is 0. The summed E-state index contributed by atoms with van der Waals surface area (Å²) in [5.74, 6) is -0.203. The van der Waals surface area contributed by atoms with Crippen molar-refractivity contribution in [3.8, 4) is 0 Å². The third-order valence-electron chi connectivity index (χ3n) is 5.07. The first-order chi connectivity index (χ1) is 13.7. The molecule has 1 amide bonds. The van der Waals surface area contributed by atoms with Crippen LogP contribution in [0.2, 0.25) is 0 Å². The van der Waals surface area contributed by atoms with Crippen LogP contribution in [-0.2, 0) is 6.54 Å². The normalized spacial score (nSPS) is 16.7. The number of aromatic nitrogens is 3. The number of hydrogen-bond acceptors (Lipinski definition) is 4. The zero-order valence-corrected chi connectivity index (χ0v) is 15.6. The van der Waals surface area contributed by atoms with Crippen molar-refractivity contribution in [1.82, 2.24) is 19.7 Å². The van der Waals surface area contributed by atoms with Crippen LogP contribution in [0.5, 0.6) is 0 Å². The monoisotopic (exact) mass is 374 g/mol. The van der Waals surface area contributed by atoms with Crippen molar-refractivity contribution in [3.05, 3.63) is 83.9 Å². The Labute approximate surface area is 163 Å². The van der Waals surface area contributed by atoms with E-state index in [0.29, 0.717) is 30.9 Å². The highest BCUT2D eigenvalue weighted by molar-refractivity contribution is 5.98. The summed E-state index contributed by atoms with van der Waals surface area (Å²) in [6.07, 6.45) is 6.87. The number of piperidine rings is 1. The van der Waals surface area contributed by atoms with Gasteiger partial charge in [0.25, 0.3) is 5.91 Å². The molecule has 0 bridgehead atoms. The fraction of sp³-hybridized carbons (Fsp3) is 0.273. The number of carbonyl (C=O) groups excluding carboxylic acids is 2. The minimum absolute atomic E-state index is 0.0190. The number of pyridine rings is 1. The molecule has 0 spiro atoms. The first-order valence-electron chi connectivity index (χ1n) is 9.51. The summed E-state index contributed by atoms with van der Waals surface area (Å²) in [5, 5.41) is 4.21. The van der Waals surface area contributed by atoms with Crippen LogP contribution < -0.4 is 0 Å². The maximum atomic E-state index is 13.0. The van der Waals surface area contributed by atoms with Crippen molar-refractivity contribution in [1.29, 1.82) is 0 Å². The average molecular weight is 374 g/mol. The van der Waals surface area contributed by atoms with Crippen molar-refractivity contribution in [2.45, 2.75) is 19.4 Å². The van der Waals surface area contributed by atoms with E-state index in [2.05, 4.69) is 10.1 Å². The van der Waals surface area contributed by atoms with E-state index in [-0.39, 0.29) is 17.6 Å². The highest BCUT2D eigenvalue weighted by Crippen LogP contribution is 2.22. The fourth-order valence-corrected chi connectivity index (χ4v) is 3.66. The zero-order valence-electron chi connectivity index (χ0n) is 15.6. The highest BCUT2D eigenvalue weighted by Gasteiger charge is 2.30. The Bertz CT molecular complexity index is 954. The van der Waals surface area contributed by atoms with Crippen LogP contribution in [0.3, 0.4) is 0 Å². The van der Waals surface area contributed by atoms with Gasteiger partial charge in [0.1, 0.15) is 5.69 Å². The van der Waals surface area contributed by atoms with Crippen LogP contribution in [0, 0.1) is 5.92 Å². The number of ketones is 1. The first kappa shape index (κ1) is 18.1. The van der Waals surface area contributed by atoms with Crippen LogP contribution in [0.25, 0.3) is 0 Å².